The number of amides is 1. The second-order valence-electron chi connectivity index (χ2n) is 8.21. The molecule has 0 spiro atoms. The molecule has 2 aliphatic rings. The summed E-state index contributed by atoms with van der Waals surface area (Å²) in [7, 11) is -0.415. The van der Waals surface area contributed by atoms with Gasteiger partial charge in [0.1, 0.15) is 5.69 Å². The molecular formula is C22H26N4O7S. The van der Waals surface area contributed by atoms with E-state index in [9.17, 15) is 23.3 Å². The lowest BCUT2D eigenvalue weighted by Gasteiger charge is -2.34. The third kappa shape index (κ3) is 4.64. The van der Waals surface area contributed by atoms with Crippen LogP contribution in [0.5, 0.6) is 11.5 Å². The number of carbonyl (C=O) groups is 1. The van der Waals surface area contributed by atoms with E-state index in [1.165, 1.54) is 33.5 Å². The minimum Gasteiger partial charge on any atom is -0.490 e. The molecule has 2 aliphatic heterocycles. The second-order valence-corrected chi connectivity index (χ2v) is 10.1. The maximum atomic E-state index is 13.2. The average molecular weight is 491 g/mol. The van der Waals surface area contributed by atoms with E-state index in [-0.39, 0.29) is 48.2 Å². The molecule has 0 saturated carbocycles. The maximum Gasteiger partial charge on any atom is 0.293 e. The second kappa shape index (κ2) is 9.47. The largest absolute Gasteiger partial charge is 0.490 e. The Morgan fingerprint density at radius 2 is 1.68 bits per heavy atom. The molecule has 1 amide bonds. The summed E-state index contributed by atoms with van der Waals surface area (Å²) >= 11 is 0. The lowest BCUT2D eigenvalue weighted by Crippen LogP contribution is -2.50. The van der Waals surface area contributed by atoms with Gasteiger partial charge in [-0.1, -0.05) is 0 Å². The van der Waals surface area contributed by atoms with Gasteiger partial charge in [-0.2, -0.15) is 4.31 Å². The molecule has 4 rings (SSSR count). The summed E-state index contributed by atoms with van der Waals surface area (Å²) in [5, 5.41) is 11.4. The van der Waals surface area contributed by atoms with Crippen molar-refractivity contribution in [3.63, 3.8) is 0 Å². The van der Waals surface area contributed by atoms with Crippen molar-refractivity contribution in [1.29, 1.82) is 0 Å². The van der Waals surface area contributed by atoms with Gasteiger partial charge in [0, 0.05) is 64.4 Å². The van der Waals surface area contributed by atoms with E-state index in [1.54, 1.807) is 31.1 Å². The lowest BCUT2D eigenvalue weighted by atomic mass is 10.1. The highest BCUT2D eigenvalue weighted by atomic mass is 32.2. The molecule has 0 atom stereocenters. The fourth-order valence-corrected chi connectivity index (χ4v) is 5.39. The molecule has 12 heteroatoms. The molecule has 2 aromatic rings. The molecule has 0 aromatic heterocycles. The van der Waals surface area contributed by atoms with E-state index < -0.39 is 14.9 Å². The maximum absolute atomic E-state index is 13.2. The van der Waals surface area contributed by atoms with Crippen molar-refractivity contribution < 1.29 is 27.6 Å². The fraction of sp³-hybridized carbons (Fsp3) is 0.409. The molecular weight excluding hydrogens is 464 g/mol. The topological polar surface area (TPSA) is 123 Å². The van der Waals surface area contributed by atoms with Gasteiger partial charge in [-0.15, -0.1) is 0 Å². The van der Waals surface area contributed by atoms with Crippen LogP contribution in [-0.4, -0.2) is 81.9 Å². The summed E-state index contributed by atoms with van der Waals surface area (Å²) in [6.45, 7) is 1.53. The van der Waals surface area contributed by atoms with Gasteiger partial charge in [-0.25, -0.2) is 8.42 Å². The summed E-state index contributed by atoms with van der Waals surface area (Å²) in [5.74, 6) is 0.539. The Hall–Kier alpha value is -3.38. The van der Waals surface area contributed by atoms with Crippen molar-refractivity contribution in [2.75, 3.05) is 58.4 Å². The highest BCUT2D eigenvalue weighted by Crippen LogP contribution is 2.33. The Morgan fingerprint density at radius 1 is 1.00 bits per heavy atom. The summed E-state index contributed by atoms with van der Waals surface area (Å²) < 4.78 is 38.8. The monoisotopic (exact) mass is 490 g/mol. The van der Waals surface area contributed by atoms with Crippen LogP contribution in [0.4, 0.5) is 11.4 Å². The van der Waals surface area contributed by atoms with Crippen molar-refractivity contribution in [3.8, 4) is 11.5 Å². The van der Waals surface area contributed by atoms with E-state index in [2.05, 4.69) is 0 Å². The Labute approximate surface area is 197 Å². The summed E-state index contributed by atoms with van der Waals surface area (Å²) in [6.07, 6.45) is 0.716. The third-order valence-corrected chi connectivity index (χ3v) is 7.68. The normalized spacial score (nSPS) is 16.6. The van der Waals surface area contributed by atoms with Crippen LogP contribution in [0.3, 0.4) is 0 Å². The van der Waals surface area contributed by atoms with E-state index in [4.69, 9.17) is 9.47 Å². The number of sulfonamides is 1. The minimum absolute atomic E-state index is 0.103. The molecule has 0 N–H and O–H groups in total. The number of hydrogen-bond acceptors (Lipinski definition) is 8. The van der Waals surface area contributed by atoms with Crippen LogP contribution >= 0.6 is 0 Å². The van der Waals surface area contributed by atoms with Gasteiger partial charge in [0.25, 0.3) is 11.6 Å². The van der Waals surface area contributed by atoms with Crippen molar-refractivity contribution in [1.82, 2.24) is 9.21 Å². The standard InChI is InChI=1S/C22H26N4O7S/c1-23(2)18-6-4-16(14-19(18)26(28)29)22(27)24-8-10-25(11-9-24)34(30,31)17-5-7-20-21(15-17)33-13-3-12-32-20/h4-7,14-15H,3,8-13H2,1-2H3. The number of piperazine rings is 1. The van der Waals surface area contributed by atoms with Crippen LogP contribution in [0, 0.1) is 10.1 Å². The number of rotatable bonds is 5. The van der Waals surface area contributed by atoms with Gasteiger partial charge in [0.2, 0.25) is 10.0 Å². The first-order chi connectivity index (χ1) is 16.2. The number of ether oxygens (including phenoxy) is 2. The molecule has 0 aliphatic carbocycles. The number of nitro groups is 1. The Balaban J connectivity index is 1.47. The van der Waals surface area contributed by atoms with Crippen LogP contribution in [-0.2, 0) is 10.0 Å². The average Bonchev–Trinajstić information content (AvgIpc) is 3.08. The fourth-order valence-electron chi connectivity index (χ4n) is 3.95. The van der Waals surface area contributed by atoms with Gasteiger partial charge in [0.15, 0.2) is 11.5 Å². The van der Waals surface area contributed by atoms with Gasteiger partial charge < -0.3 is 19.3 Å². The van der Waals surface area contributed by atoms with Crippen LogP contribution in [0.15, 0.2) is 41.3 Å². The van der Waals surface area contributed by atoms with Crippen molar-refractivity contribution >= 4 is 27.3 Å². The zero-order valence-electron chi connectivity index (χ0n) is 19.0. The molecule has 2 aromatic carbocycles. The first kappa shape index (κ1) is 23.8. The van der Waals surface area contributed by atoms with Crippen molar-refractivity contribution in [2.45, 2.75) is 11.3 Å². The number of anilines is 1. The number of nitro benzene ring substituents is 1. The van der Waals surface area contributed by atoms with Gasteiger partial charge in [0.05, 0.1) is 23.0 Å². The van der Waals surface area contributed by atoms with E-state index >= 15 is 0 Å². The molecule has 11 nitrogen and oxygen atoms in total. The molecule has 182 valence electrons. The quantitative estimate of drug-likeness (QED) is 0.461. The van der Waals surface area contributed by atoms with Crippen LogP contribution in [0.1, 0.15) is 16.8 Å². The highest BCUT2D eigenvalue weighted by Gasteiger charge is 2.32. The van der Waals surface area contributed by atoms with Crippen molar-refractivity contribution in [2.24, 2.45) is 0 Å². The number of benzene rings is 2. The third-order valence-electron chi connectivity index (χ3n) is 5.78. The van der Waals surface area contributed by atoms with Crippen LogP contribution < -0.4 is 14.4 Å². The van der Waals surface area contributed by atoms with Crippen molar-refractivity contribution in [3.05, 3.63) is 52.1 Å². The van der Waals surface area contributed by atoms with E-state index in [1.807, 2.05) is 0 Å². The zero-order chi connectivity index (χ0) is 24.5. The Morgan fingerprint density at radius 3 is 2.32 bits per heavy atom. The lowest BCUT2D eigenvalue weighted by molar-refractivity contribution is -0.384. The number of nitrogens with zero attached hydrogens (tertiary/aromatic N) is 4. The zero-order valence-corrected chi connectivity index (χ0v) is 19.8. The molecule has 2 heterocycles. The predicted molar refractivity (Wildman–Crippen MR) is 124 cm³/mol. The predicted octanol–water partition coefficient (Wildman–Crippen LogP) is 1.97. The number of carbonyl (C=O) groups excluding carboxylic acids is 1. The molecule has 1 fully saturated rings. The van der Waals surface area contributed by atoms with E-state index in [0.29, 0.717) is 36.8 Å². The minimum atomic E-state index is -3.79. The molecule has 0 radical (unpaired) electrons. The molecule has 34 heavy (non-hydrogen) atoms. The van der Waals surface area contributed by atoms with E-state index in [0.717, 1.165) is 0 Å². The van der Waals surface area contributed by atoms with Crippen LogP contribution in [0.2, 0.25) is 0 Å². The van der Waals surface area contributed by atoms with Gasteiger partial charge in [-0.05, 0) is 24.3 Å². The SMILES string of the molecule is CN(C)c1ccc(C(=O)N2CCN(S(=O)(=O)c3ccc4c(c3)OCCCO4)CC2)cc1[N+](=O)[O-]. The summed E-state index contributed by atoms with van der Waals surface area (Å²) in [5.41, 5.74) is 0.426. The summed E-state index contributed by atoms with van der Waals surface area (Å²) in [6, 6.07) is 8.91. The number of hydrogen-bond donors (Lipinski definition) is 0. The Bertz CT molecular complexity index is 1210. The highest BCUT2D eigenvalue weighted by molar-refractivity contribution is 7.89. The number of fused-ring (bicyclic) bond motifs is 1. The Kier molecular flexibility index (Phi) is 6.62. The molecule has 0 unspecified atom stereocenters. The first-order valence-corrected chi connectivity index (χ1v) is 12.3. The van der Waals surface area contributed by atoms with Gasteiger partial charge in [-0.3, -0.25) is 14.9 Å². The molecule has 1 saturated heterocycles. The first-order valence-electron chi connectivity index (χ1n) is 10.8. The van der Waals surface area contributed by atoms with Gasteiger partial charge >= 0.3 is 0 Å². The summed E-state index contributed by atoms with van der Waals surface area (Å²) in [4.78, 5) is 27.1. The molecule has 0 bridgehead atoms. The smallest absolute Gasteiger partial charge is 0.293 e. The van der Waals surface area contributed by atoms with Crippen LogP contribution in [0.25, 0.3) is 0 Å².